The lowest BCUT2D eigenvalue weighted by Gasteiger charge is -2.31. The molecule has 0 saturated carbocycles. The zero-order valence-corrected chi connectivity index (χ0v) is 41.4. The number of carbonyl (C=O) groups is 11. The van der Waals surface area contributed by atoms with Gasteiger partial charge in [-0.25, -0.2) is 0 Å². The summed E-state index contributed by atoms with van der Waals surface area (Å²) in [7, 11) is 2.07. The molecule has 3 rings (SSSR count). The molecular formula is C44H68N12O12S2. The summed E-state index contributed by atoms with van der Waals surface area (Å²) in [5.41, 5.74) is 22.9. The topological polar surface area (TPSA) is 400 Å². The number of aromatic hydroxyl groups is 1. The van der Waals surface area contributed by atoms with Crippen molar-refractivity contribution in [3.63, 3.8) is 0 Å². The second-order valence-electron chi connectivity index (χ2n) is 17.8. The van der Waals surface area contributed by atoms with E-state index in [0.717, 1.165) is 21.6 Å². The molecule has 1 aromatic carbocycles. The molecule has 26 heteroatoms. The number of benzene rings is 1. The molecule has 0 unspecified atom stereocenters. The molecule has 2 aliphatic heterocycles. The van der Waals surface area contributed by atoms with Crippen molar-refractivity contribution < 1.29 is 57.8 Å². The van der Waals surface area contributed by atoms with Gasteiger partial charge in [0.2, 0.25) is 65.0 Å². The number of hydrogen-bond acceptors (Lipinski definition) is 15. The molecule has 388 valence electrons. The summed E-state index contributed by atoms with van der Waals surface area (Å²) in [6.07, 6.45) is -0.580. The van der Waals surface area contributed by atoms with Gasteiger partial charge in [0.15, 0.2) is 0 Å². The number of nitrogens with one attached hydrogen (secondary N) is 7. The van der Waals surface area contributed by atoms with Crippen LogP contribution in [0.15, 0.2) is 24.3 Å². The monoisotopic (exact) mass is 1020 g/mol. The van der Waals surface area contributed by atoms with Crippen molar-refractivity contribution in [2.75, 3.05) is 24.6 Å². The zero-order valence-electron chi connectivity index (χ0n) is 39.8. The largest absolute Gasteiger partial charge is 0.508 e. The van der Waals surface area contributed by atoms with Gasteiger partial charge < -0.3 is 70.2 Å². The SMILES string of the molecule is CC[C@H](C)[C@@H]1NC(=O)[C@H](Cc2ccc(O)cc2)NC(=O)[C@@H](N)CSSC[C@@H](C(=O)N2CCC[C@H]2C(=O)N[C@H](CC(=O)NCC(N)=O)CC(C)C)NC(=O)[C@H](CC(N)=O)NC(=O)[C@H](CCC(N)=O)NC1=O. The van der Waals surface area contributed by atoms with Gasteiger partial charge in [0.05, 0.1) is 19.0 Å². The fourth-order valence-corrected chi connectivity index (χ4v) is 9.89. The highest BCUT2D eigenvalue weighted by atomic mass is 33.1. The number of nitrogens with two attached hydrogens (primary N) is 4. The quantitative estimate of drug-likeness (QED) is 0.0644. The van der Waals surface area contributed by atoms with E-state index in [0.29, 0.717) is 24.8 Å². The Morgan fingerprint density at radius 3 is 2.01 bits per heavy atom. The van der Waals surface area contributed by atoms with Gasteiger partial charge >= 0.3 is 0 Å². The summed E-state index contributed by atoms with van der Waals surface area (Å²) in [6.45, 7) is 6.85. The first-order chi connectivity index (χ1) is 33.0. The number of hydrogen-bond donors (Lipinski definition) is 12. The molecule has 0 spiro atoms. The van der Waals surface area contributed by atoms with Crippen LogP contribution in [0.25, 0.3) is 0 Å². The first-order valence-corrected chi connectivity index (χ1v) is 25.5. The Morgan fingerprint density at radius 1 is 0.786 bits per heavy atom. The zero-order chi connectivity index (χ0) is 52.2. The summed E-state index contributed by atoms with van der Waals surface area (Å²) in [4.78, 5) is 148. The number of rotatable bonds is 18. The minimum Gasteiger partial charge on any atom is -0.508 e. The van der Waals surface area contributed by atoms with E-state index in [1.165, 1.54) is 29.2 Å². The van der Waals surface area contributed by atoms with Gasteiger partial charge in [0, 0.05) is 43.4 Å². The maximum atomic E-state index is 14.5. The number of nitrogens with zero attached hydrogens (tertiary/aromatic N) is 1. The Bertz CT molecular complexity index is 2060. The number of phenolic OH excluding ortho intramolecular Hbond substituents is 1. The molecule has 16 N–H and O–H groups in total. The third-order valence-corrected chi connectivity index (χ3v) is 14.0. The van der Waals surface area contributed by atoms with Crippen LogP contribution in [0, 0.1) is 11.8 Å². The van der Waals surface area contributed by atoms with E-state index in [9.17, 15) is 57.8 Å². The van der Waals surface area contributed by atoms with Crippen LogP contribution in [0.4, 0.5) is 0 Å². The minimum atomic E-state index is -1.74. The van der Waals surface area contributed by atoms with Gasteiger partial charge in [0.25, 0.3) is 0 Å². The third kappa shape index (κ3) is 19.3. The van der Waals surface area contributed by atoms with Gasteiger partial charge in [-0.05, 0) is 55.2 Å². The lowest BCUT2D eigenvalue weighted by Crippen LogP contribution is -2.61. The molecule has 2 aliphatic rings. The molecule has 0 aromatic heterocycles. The molecule has 2 saturated heterocycles. The Labute approximate surface area is 413 Å². The second-order valence-corrected chi connectivity index (χ2v) is 20.4. The van der Waals surface area contributed by atoms with Crippen LogP contribution < -0.4 is 60.2 Å². The van der Waals surface area contributed by atoms with Crippen LogP contribution in [-0.2, 0) is 59.2 Å². The van der Waals surface area contributed by atoms with Crippen LogP contribution in [0.3, 0.4) is 0 Å². The summed E-state index contributed by atoms with van der Waals surface area (Å²) in [6, 6.07) is -4.50. The fraction of sp³-hybridized carbons (Fsp3) is 0.614. The summed E-state index contributed by atoms with van der Waals surface area (Å²) >= 11 is 0. The number of likely N-dealkylation sites (tertiary alicyclic amines) is 1. The molecule has 11 amide bonds. The van der Waals surface area contributed by atoms with Crippen LogP contribution in [0.5, 0.6) is 5.75 Å². The molecule has 2 fully saturated rings. The number of primary amides is 3. The van der Waals surface area contributed by atoms with Gasteiger partial charge in [0.1, 0.15) is 42.0 Å². The Kier molecular flexibility index (Phi) is 23.7. The number of carbonyl (C=O) groups excluding carboxylic acids is 11. The number of phenols is 1. The summed E-state index contributed by atoms with van der Waals surface area (Å²) in [5.74, 6) is -9.87. The molecule has 9 atom stereocenters. The molecule has 70 heavy (non-hydrogen) atoms. The van der Waals surface area contributed by atoms with E-state index in [1.54, 1.807) is 13.8 Å². The predicted molar refractivity (Wildman–Crippen MR) is 259 cm³/mol. The van der Waals surface area contributed by atoms with Crippen molar-refractivity contribution in [3.8, 4) is 5.75 Å². The maximum absolute atomic E-state index is 14.5. The van der Waals surface area contributed by atoms with E-state index in [4.69, 9.17) is 22.9 Å². The first-order valence-electron chi connectivity index (χ1n) is 23.0. The molecular weight excluding hydrogens is 953 g/mol. The van der Waals surface area contributed by atoms with E-state index in [2.05, 4.69) is 37.2 Å². The maximum Gasteiger partial charge on any atom is 0.246 e. The molecule has 0 radical (unpaired) electrons. The second kappa shape index (κ2) is 28.5. The molecule has 24 nitrogen and oxygen atoms in total. The van der Waals surface area contributed by atoms with Crippen molar-refractivity contribution in [2.24, 2.45) is 34.8 Å². The first kappa shape index (κ1) is 58.2. The lowest BCUT2D eigenvalue weighted by atomic mass is 9.96. The van der Waals surface area contributed by atoms with Crippen LogP contribution in [0.2, 0.25) is 0 Å². The molecule has 1 aromatic rings. The minimum absolute atomic E-state index is 0.0253. The Hall–Kier alpha value is -6.15. The number of amides is 11. The fourth-order valence-electron chi connectivity index (χ4n) is 7.62. The Balaban J connectivity index is 2.04. The highest BCUT2D eigenvalue weighted by Gasteiger charge is 2.40. The lowest BCUT2D eigenvalue weighted by molar-refractivity contribution is -0.142. The molecule has 0 aliphatic carbocycles. The van der Waals surface area contributed by atoms with Crippen LogP contribution in [-0.4, -0.2) is 148 Å². The summed E-state index contributed by atoms with van der Waals surface area (Å²) in [5, 5.41) is 28.0. The van der Waals surface area contributed by atoms with Crippen LogP contribution in [0.1, 0.15) is 84.6 Å². The van der Waals surface area contributed by atoms with Gasteiger partial charge in [-0.1, -0.05) is 67.8 Å². The Morgan fingerprint density at radius 2 is 1.40 bits per heavy atom. The predicted octanol–water partition coefficient (Wildman–Crippen LogP) is -3.22. The van der Waals surface area contributed by atoms with Crippen molar-refractivity contribution in [2.45, 2.75) is 134 Å². The summed E-state index contributed by atoms with van der Waals surface area (Å²) < 4.78 is 0. The van der Waals surface area contributed by atoms with Gasteiger partial charge in [-0.15, -0.1) is 0 Å². The smallest absolute Gasteiger partial charge is 0.246 e. The van der Waals surface area contributed by atoms with Crippen molar-refractivity contribution >= 4 is 86.6 Å². The van der Waals surface area contributed by atoms with E-state index >= 15 is 0 Å². The third-order valence-electron chi connectivity index (χ3n) is 11.5. The highest BCUT2D eigenvalue weighted by molar-refractivity contribution is 8.76. The van der Waals surface area contributed by atoms with Gasteiger partial charge in [-0.2, -0.15) is 0 Å². The van der Waals surface area contributed by atoms with E-state index < -0.39 is 139 Å². The average Bonchev–Trinajstić information content (AvgIpc) is 3.79. The normalized spacial score (nSPS) is 24.1. The standard InChI is InChI=1S/C44H68N12O12S2/c1-5-23(4)37-43(67)51-28(12-13-33(46)58)39(63)53-30(18-34(47)59)40(64)54-31(21-70-69-20-27(45)38(62)52-29(41(65)55-37)16-24-8-10-26(57)11-9-24)44(68)56-14-6-7-32(56)42(66)50-25(15-22(2)3)17-36(61)49-19-35(48)60/h8-11,22-23,25,27-32,37,57H,5-7,12-21,45H2,1-4H3,(H2,46,58)(H2,47,59)(H2,48,60)(H,49,61)(H,50,66)(H,51,67)(H,52,62)(H,53,63)(H,54,64)(H,55,65)/t23-,25-,27-,28-,29-,30-,31-,32-,37-/m0/s1. The van der Waals surface area contributed by atoms with E-state index in [-0.39, 0.29) is 55.4 Å². The van der Waals surface area contributed by atoms with Crippen molar-refractivity contribution in [1.82, 2.24) is 42.1 Å². The molecule has 2 heterocycles. The van der Waals surface area contributed by atoms with Crippen molar-refractivity contribution in [1.29, 1.82) is 0 Å². The van der Waals surface area contributed by atoms with Crippen LogP contribution >= 0.6 is 21.6 Å². The van der Waals surface area contributed by atoms with Crippen molar-refractivity contribution in [3.05, 3.63) is 29.8 Å². The molecule has 0 bridgehead atoms. The van der Waals surface area contributed by atoms with Gasteiger partial charge in [-0.3, -0.25) is 52.7 Å². The highest BCUT2D eigenvalue weighted by Crippen LogP contribution is 2.26. The van der Waals surface area contributed by atoms with E-state index in [1.807, 2.05) is 13.8 Å². The average molecular weight is 1020 g/mol.